The van der Waals surface area contributed by atoms with Gasteiger partial charge in [0.15, 0.2) is 0 Å². The van der Waals surface area contributed by atoms with E-state index in [0.717, 1.165) is 25.7 Å². The second-order valence-electron chi connectivity index (χ2n) is 5.43. The van der Waals surface area contributed by atoms with Gasteiger partial charge in [0.25, 0.3) is 0 Å². The lowest BCUT2D eigenvalue weighted by Gasteiger charge is -2.27. The van der Waals surface area contributed by atoms with E-state index >= 15 is 0 Å². The number of ether oxygens (including phenoxy) is 1. The van der Waals surface area contributed by atoms with Gasteiger partial charge in [0.2, 0.25) is 0 Å². The Bertz CT molecular complexity index is 266. The second-order valence-corrected chi connectivity index (χ2v) is 5.43. The zero-order valence-corrected chi connectivity index (χ0v) is 10.5. The number of allylic oxidation sites excluding steroid dienone is 2. The molecule has 0 unspecified atom stereocenters. The van der Waals surface area contributed by atoms with E-state index in [1.807, 2.05) is 20.8 Å². The molecule has 0 aromatic rings. The summed E-state index contributed by atoms with van der Waals surface area (Å²) in [6.45, 7) is 5.66. The molecule has 0 radical (unpaired) electrons. The van der Waals surface area contributed by atoms with Crippen LogP contribution in [0.3, 0.4) is 0 Å². The number of hydrogen-bond donors (Lipinski definition) is 1. The Balaban J connectivity index is 2.61. The van der Waals surface area contributed by atoms with E-state index in [0.29, 0.717) is 0 Å². The van der Waals surface area contributed by atoms with E-state index in [9.17, 15) is 4.79 Å². The van der Waals surface area contributed by atoms with E-state index < -0.39 is 5.60 Å². The fourth-order valence-electron chi connectivity index (χ4n) is 1.89. The van der Waals surface area contributed by atoms with Crippen LogP contribution in [-0.2, 0) is 9.53 Å². The van der Waals surface area contributed by atoms with Crippen molar-refractivity contribution in [2.24, 2.45) is 11.7 Å². The zero-order chi connectivity index (χ0) is 12.2. The average Bonchev–Trinajstić information content (AvgIpc) is 2.08. The minimum atomic E-state index is -0.422. The summed E-state index contributed by atoms with van der Waals surface area (Å²) >= 11 is 0. The SMILES string of the molecule is CC(C)(C)OC(=O)[C@@H]1CC/C=C\CC[C@@H]1N. The fourth-order valence-corrected chi connectivity index (χ4v) is 1.89. The molecule has 0 aromatic heterocycles. The number of hydrogen-bond acceptors (Lipinski definition) is 3. The summed E-state index contributed by atoms with van der Waals surface area (Å²) in [4.78, 5) is 12.0. The Labute approximate surface area is 98.0 Å². The highest BCUT2D eigenvalue weighted by molar-refractivity contribution is 5.73. The zero-order valence-electron chi connectivity index (χ0n) is 10.5. The first kappa shape index (κ1) is 13.2. The Morgan fingerprint density at radius 2 is 1.81 bits per heavy atom. The summed E-state index contributed by atoms with van der Waals surface area (Å²) in [5.74, 6) is -0.292. The Hall–Kier alpha value is -0.830. The molecule has 0 saturated heterocycles. The van der Waals surface area contributed by atoms with Crippen LogP contribution in [0.15, 0.2) is 12.2 Å². The Kier molecular flexibility index (Phi) is 4.54. The highest BCUT2D eigenvalue weighted by Gasteiger charge is 2.29. The quantitative estimate of drug-likeness (QED) is 0.550. The maximum absolute atomic E-state index is 12.0. The van der Waals surface area contributed by atoms with Gasteiger partial charge in [-0.1, -0.05) is 12.2 Å². The molecule has 0 aromatic carbocycles. The van der Waals surface area contributed by atoms with Crippen molar-refractivity contribution in [3.8, 4) is 0 Å². The molecular formula is C13H23NO2. The lowest BCUT2D eigenvalue weighted by atomic mass is 9.89. The molecule has 2 atom stereocenters. The lowest BCUT2D eigenvalue weighted by molar-refractivity contribution is -0.161. The summed E-state index contributed by atoms with van der Waals surface area (Å²) in [7, 11) is 0. The molecule has 1 aliphatic rings. The smallest absolute Gasteiger partial charge is 0.311 e. The summed E-state index contributed by atoms with van der Waals surface area (Å²) < 4.78 is 5.40. The molecule has 3 nitrogen and oxygen atoms in total. The number of carbonyl (C=O) groups is 1. The van der Waals surface area contributed by atoms with E-state index in [1.54, 1.807) is 0 Å². The number of esters is 1. The maximum Gasteiger partial charge on any atom is 0.311 e. The maximum atomic E-state index is 12.0. The van der Waals surface area contributed by atoms with Crippen LogP contribution >= 0.6 is 0 Å². The predicted molar refractivity (Wildman–Crippen MR) is 64.9 cm³/mol. The van der Waals surface area contributed by atoms with Crippen LogP contribution in [0.25, 0.3) is 0 Å². The van der Waals surface area contributed by atoms with Gasteiger partial charge in [0, 0.05) is 6.04 Å². The van der Waals surface area contributed by atoms with Gasteiger partial charge in [-0.25, -0.2) is 0 Å². The number of carbonyl (C=O) groups excluding carboxylic acids is 1. The average molecular weight is 225 g/mol. The van der Waals surface area contributed by atoms with Crippen molar-refractivity contribution < 1.29 is 9.53 Å². The fraction of sp³-hybridized carbons (Fsp3) is 0.769. The van der Waals surface area contributed by atoms with Gasteiger partial charge in [-0.2, -0.15) is 0 Å². The Morgan fingerprint density at radius 3 is 2.38 bits per heavy atom. The highest BCUT2D eigenvalue weighted by atomic mass is 16.6. The molecule has 1 aliphatic carbocycles. The number of nitrogens with two attached hydrogens (primary N) is 1. The molecule has 2 N–H and O–H groups in total. The first-order valence-corrected chi connectivity index (χ1v) is 6.03. The van der Waals surface area contributed by atoms with Gasteiger partial charge in [0.1, 0.15) is 5.60 Å². The molecule has 16 heavy (non-hydrogen) atoms. The molecule has 3 heteroatoms. The van der Waals surface area contributed by atoms with Crippen molar-refractivity contribution in [1.29, 1.82) is 0 Å². The van der Waals surface area contributed by atoms with E-state index in [4.69, 9.17) is 10.5 Å². The van der Waals surface area contributed by atoms with Crippen molar-refractivity contribution in [2.45, 2.75) is 58.1 Å². The van der Waals surface area contributed by atoms with E-state index in [2.05, 4.69) is 12.2 Å². The molecule has 0 fully saturated rings. The third-order valence-corrected chi connectivity index (χ3v) is 2.70. The summed E-state index contributed by atoms with van der Waals surface area (Å²) in [6.07, 6.45) is 7.81. The first-order valence-electron chi connectivity index (χ1n) is 6.03. The molecule has 1 rings (SSSR count). The van der Waals surface area contributed by atoms with Gasteiger partial charge in [0.05, 0.1) is 5.92 Å². The third kappa shape index (κ3) is 4.35. The second kappa shape index (κ2) is 5.48. The molecule has 92 valence electrons. The van der Waals surface area contributed by atoms with E-state index in [-0.39, 0.29) is 17.9 Å². The lowest BCUT2D eigenvalue weighted by Crippen LogP contribution is -2.39. The van der Waals surface area contributed by atoms with Gasteiger partial charge < -0.3 is 10.5 Å². The van der Waals surface area contributed by atoms with Crippen LogP contribution in [0.4, 0.5) is 0 Å². The van der Waals surface area contributed by atoms with Crippen molar-refractivity contribution in [3.05, 3.63) is 12.2 Å². The Morgan fingerprint density at radius 1 is 1.25 bits per heavy atom. The first-order chi connectivity index (χ1) is 7.40. The predicted octanol–water partition coefficient (Wildman–Crippen LogP) is 2.40. The normalized spacial score (nSPS) is 29.0. The van der Waals surface area contributed by atoms with Gasteiger partial charge in [-0.15, -0.1) is 0 Å². The third-order valence-electron chi connectivity index (χ3n) is 2.70. The van der Waals surface area contributed by atoms with Gasteiger partial charge in [-0.05, 0) is 46.5 Å². The van der Waals surface area contributed by atoms with Crippen LogP contribution in [0.1, 0.15) is 46.5 Å². The van der Waals surface area contributed by atoms with Crippen molar-refractivity contribution in [2.75, 3.05) is 0 Å². The molecule has 0 bridgehead atoms. The minimum Gasteiger partial charge on any atom is -0.460 e. The van der Waals surface area contributed by atoms with Crippen molar-refractivity contribution in [1.82, 2.24) is 0 Å². The molecule has 0 heterocycles. The minimum absolute atomic E-state index is 0.0696. The van der Waals surface area contributed by atoms with Crippen LogP contribution in [0, 0.1) is 5.92 Å². The molecule has 0 amide bonds. The molecule has 0 aliphatic heterocycles. The van der Waals surface area contributed by atoms with Crippen molar-refractivity contribution >= 4 is 5.97 Å². The van der Waals surface area contributed by atoms with E-state index in [1.165, 1.54) is 0 Å². The standard InChI is InChI=1S/C13H23NO2/c1-13(2,3)16-12(15)10-8-6-4-5-7-9-11(10)14/h4-5,10-11H,6-9,14H2,1-3H3/b5-4-/t10-,11+/m1/s1. The largest absolute Gasteiger partial charge is 0.460 e. The number of rotatable bonds is 1. The van der Waals surface area contributed by atoms with Crippen LogP contribution in [0.2, 0.25) is 0 Å². The summed E-state index contributed by atoms with van der Waals surface area (Å²) in [5, 5.41) is 0. The van der Waals surface area contributed by atoms with Crippen LogP contribution in [-0.4, -0.2) is 17.6 Å². The molecular weight excluding hydrogens is 202 g/mol. The summed E-state index contributed by atoms with van der Waals surface area (Å²) in [5.41, 5.74) is 5.61. The van der Waals surface area contributed by atoms with Crippen LogP contribution < -0.4 is 5.73 Å². The topological polar surface area (TPSA) is 52.3 Å². The summed E-state index contributed by atoms with van der Waals surface area (Å²) in [6, 6.07) is -0.0696. The van der Waals surface area contributed by atoms with Crippen LogP contribution in [0.5, 0.6) is 0 Å². The van der Waals surface area contributed by atoms with Crippen molar-refractivity contribution in [3.63, 3.8) is 0 Å². The van der Waals surface area contributed by atoms with Gasteiger partial charge >= 0.3 is 5.97 Å². The van der Waals surface area contributed by atoms with Gasteiger partial charge in [-0.3, -0.25) is 4.79 Å². The molecule has 0 spiro atoms. The molecule has 0 saturated carbocycles. The monoisotopic (exact) mass is 225 g/mol. The highest BCUT2D eigenvalue weighted by Crippen LogP contribution is 2.22.